The number of hydrogen-bond acceptors (Lipinski definition) is 6. The Morgan fingerprint density at radius 3 is 1.44 bits per heavy atom. The minimum atomic E-state index is -3.73. The fourth-order valence-electron chi connectivity index (χ4n) is 1.17. The molecule has 0 spiro atoms. The summed E-state index contributed by atoms with van der Waals surface area (Å²) in [5.74, 6) is -0.265. The van der Waals surface area contributed by atoms with E-state index in [4.69, 9.17) is 0 Å². The molecule has 0 unspecified atom stereocenters. The van der Waals surface area contributed by atoms with Gasteiger partial charge in [0.1, 0.15) is 0 Å². The standard InChI is InChI=1S/C10H22O6S2/c1-4-6-8-17(11,12)15-10(3)16-18(13,14)9-7-5-2/h10H,4-9H2,1-3H3. The predicted molar refractivity (Wildman–Crippen MR) is 69.0 cm³/mol. The summed E-state index contributed by atoms with van der Waals surface area (Å²) in [5, 5.41) is 0. The van der Waals surface area contributed by atoms with Crippen molar-refractivity contribution >= 4 is 20.2 Å². The summed E-state index contributed by atoms with van der Waals surface area (Å²) in [4.78, 5) is 0. The molecule has 0 rings (SSSR count). The van der Waals surface area contributed by atoms with Gasteiger partial charge in [0.25, 0.3) is 20.2 Å². The first-order valence-electron chi connectivity index (χ1n) is 6.04. The summed E-state index contributed by atoms with van der Waals surface area (Å²) in [6.07, 6.45) is 1.06. The van der Waals surface area contributed by atoms with Crippen LogP contribution in [0.3, 0.4) is 0 Å². The number of unbranched alkanes of at least 4 members (excludes halogenated alkanes) is 2. The Balaban J connectivity index is 4.30. The SMILES string of the molecule is CCCCS(=O)(=O)OC(C)OS(=O)(=O)CCCC. The largest absolute Gasteiger partial charge is 0.269 e. The molecule has 8 heteroatoms. The maximum Gasteiger partial charge on any atom is 0.269 e. The van der Waals surface area contributed by atoms with Crippen molar-refractivity contribution in [3.05, 3.63) is 0 Å². The monoisotopic (exact) mass is 302 g/mol. The lowest BCUT2D eigenvalue weighted by molar-refractivity contribution is 0.0344. The number of rotatable bonds is 10. The zero-order valence-electron chi connectivity index (χ0n) is 11.1. The van der Waals surface area contributed by atoms with Crippen molar-refractivity contribution in [3.63, 3.8) is 0 Å². The van der Waals surface area contributed by atoms with Crippen molar-refractivity contribution in [3.8, 4) is 0 Å². The molecule has 6 nitrogen and oxygen atoms in total. The van der Waals surface area contributed by atoms with Crippen LogP contribution in [0.25, 0.3) is 0 Å². The van der Waals surface area contributed by atoms with E-state index in [1.54, 1.807) is 0 Å². The van der Waals surface area contributed by atoms with E-state index < -0.39 is 26.5 Å². The second-order valence-corrected chi connectivity index (χ2v) is 7.42. The Bertz CT molecular complexity index is 372. The predicted octanol–water partition coefficient (Wildman–Crippen LogP) is 1.63. The summed E-state index contributed by atoms with van der Waals surface area (Å²) in [7, 11) is -7.45. The van der Waals surface area contributed by atoms with Crippen molar-refractivity contribution in [1.82, 2.24) is 0 Å². The lowest BCUT2D eigenvalue weighted by atomic mass is 10.4. The highest BCUT2D eigenvalue weighted by atomic mass is 32.2. The second kappa shape index (κ2) is 8.08. The molecule has 18 heavy (non-hydrogen) atoms. The third kappa shape index (κ3) is 8.84. The molecule has 0 saturated heterocycles. The Morgan fingerprint density at radius 2 is 1.17 bits per heavy atom. The molecule has 110 valence electrons. The van der Waals surface area contributed by atoms with Crippen LogP contribution in [0.1, 0.15) is 46.5 Å². The van der Waals surface area contributed by atoms with Gasteiger partial charge in [-0.15, -0.1) is 0 Å². The van der Waals surface area contributed by atoms with Gasteiger partial charge in [0.05, 0.1) is 11.5 Å². The van der Waals surface area contributed by atoms with Crippen LogP contribution in [-0.4, -0.2) is 34.6 Å². The lowest BCUT2D eigenvalue weighted by Gasteiger charge is -2.13. The van der Waals surface area contributed by atoms with E-state index in [1.165, 1.54) is 6.92 Å². The van der Waals surface area contributed by atoms with Gasteiger partial charge in [-0.2, -0.15) is 16.8 Å². The molecule has 0 saturated carbocycles. The molecule has 0 aliphatic carbocycles. The summed E-state index contributed by atoms with van der Waals surface area (Å²) in [5.41, 5.74) is 0. The normalized spacial score (nSPS) is 13.1. The van der Waals surface area contributed by atoms with E-state index >= 15 is 0 Å². The van der Waals surface area contributed by atoms with Gasteiger partial charge in [0, 0.05) is 0 Å². The van der Waals surface area contributed by atoms with Gasteiger partial charge in [-0.25, -0.2) is 8.37 Å². The van der Waals surface area contributed by atoms with Crippen LogP contribution >= 0.6 is 0 Å². The third-order valence-electron chi connectivity index (χ3n) is 2.06. The van der Waals surface area contributed by atoms with Crippen LogP contribution < -0.4 is 0 Å². The summed E-state index contributed by atoms with van der Waals surface area (Å²) in [6, 6.07) is 0. The van der Waals surface area contributed by atoms with E-state index in [1.807, 2.05) is 13.8 Å². The van der Waals surface area contributed by atoms with E-state index in [-0.39, 0.29) is 11.5 Å². The van der Waals surface area contributed by atoms with Crippen LogP contribution in [-0.2, 0) is 28.6 Å². The molecule has 0 fully saturated rings. The van der Waals surface area contributed by atoms with Gasteiger partial charge in [0.2, 0.25) is 0 Å². The minimum Gasteiger partial charge on any atom is -0.237 e. The van der Waals surface area contributed by atoms with E-state index in [9.17, 15) is 16.8 Å². The Hall–Kier alpha value is -0.180. The zero-order valence-corrected chi connectivity index (χ0v) is 12.7. The highest BCUT2D eigenvalue weighted by Gasteiger charge is 2.21. The quantitative estimate of drug-likeness (QED) is 0.450. The molecule has 0 heterocycles. The van der Waals surface area contributed by atoms with Crippen LogP contribution in [0.2, 0.25) is 0 Å². The van der Waals surface area contributed by atoms with Crippen molar-refractivity contribution in [2.45, 2.75) is 52.7 Å². The molecule has 0 aromatic carbocycles. The maximum atomic E-state index is 11.4. The molecule has 0 bridgehead atoms. The Labute approximate surface area is 110 Å². The number of hydrogen-bond donors (Lipinski definition) is 0. The van der Waals surface area contributed by atoms with Crippen molar-refractivity contribution in [1.29, 1.82) is 0 Å². The summed E-state index contributed by atoms with van der Waals surface area (Å²) >= 11 is 0. The highest BCUT2D eigenvalue weighted by molar-refractivity contribution is 7.87. The smallest absolute Gasteiger partial charge is 0.237 e. The Kier molecular flexibility index (Phi) is 8.00. The molecule has 0 amide bonds. The lowest BCUT2D eigenvalue weighted by Crippen LogP contribution is -2.24. The summed E-state index contributed by atoms with van der Waals surface area (Å²) in [6.45, 7) is 4.96. The van der Waals surface area contributed by atoms with Crippen LogP contribution in [0.5, 0.6) is 0 Å². The molecule has 0 atom stereocenters. The van der Waals surface area contributed by atoms with Gasteiger partial charge in [-0.3, -0.25) is 0 Å². The maximum absolute atomic E-state index is 11.4. The fraction of sp³-hybridized carbons (Fsp3) is 1.00. The first-order valence-corrected chi connectivity index (χ1v) is 9.20. The molecule has 0 aromatic heterocycles. The van der Waals surface area contributed by atoms with E-state index in [2.05, 4.69) is 8.37 Å². The van der Waals surface area contributed by atoms with Crippen LogP contribution in [0, 0.1) is 0 Å². The second-order valence-electron chi connectivity index (χ2n) is 3.99. The molecular formula is C10H22O6S2. The van der Waals surface area contributed by atoms with Crippen molar-refractivity contribution in [2.24, 2.45) is 0 Å². The van der Waals surface area contributed by atoms with Gasteiger partial charge in [0.15, 0.2) is 6.29 Å². The zero-order chi connectivity index (χ0) is 14.2. The van der Waals surface area contributed by atoms with Gasteiger partial charge in [-0.05, 0) is 19.8 Å². The van der Waals surface area contributed by atoms with E-state index in [0.29, 0.717) is 25.7 Å². The minimum absolute atomic E-state index is 0.133. The average molecular weight is 302 g/mol. The first kappa shape index (κ1) is 17.8. The van der Waals surface area contributed by atoms with Gasteiger partial charge in [-0.1, -0.05) is 26.7 Å². The average Bonchev–Trinajstić information content (AvgIpc) is 2.22. The summed E-state index contributed by atoms with van der Waals surface area (Å²) < 4.78 is 54.9. The molecule has 0 aromatic rings. The topological polar surface area (TPSA) is 86.7 Å². The molecule has 0 radical (unpaired) electrons. The van der Waals surface area contributed by atoms with Gasteiger partial charge >= 0.3 is 0 Å². The molecule has 0 N–H and O–H groups in total. The van der Waals surface area contributed by atoms with Crippen LogP contribution in [0.15, 0.2) is 0 Å². The molecule has 0 aliphatic heterocycles. The van der Waals surface area contributed by atoms with Crippen molar-refractivity contribution < 1.29 is 25.2 Å². The van der Waals surface area contributed by atoms with E-state index in [0.717, 1.165) is 0 Å². The highest BCUT2D eigenvalue weighted by Crippen LogP contribution is 2.09. The van der Waals surface area contributed by atoms with Gasteiger partial charge < -0.3 is 0 Å². The van der Waals surface area contributed by atoms with Crippen LogP contribution in [0.4, 0.5) is 0 Å². The third-order valence-corrected chi connectivity index (χ3v) is 4.77. The van der Waals surface area contributed by atoms with Crippen molar-refractivity contribution in [2.75, 3.05) is 11.5 Å². The Morgan fingerprint density at radius 1 is 0.833 bits per heavy atom. The fourth-order valence-corrected chi connectivity index (χ4v) is 3.60. The molecular weight excluding hydrogens is 280 g/mol. The molecule has 0 aliphatic rings. The first-order chi connectivity index (χ1) is 8.22.